The van der Waals surface area contributed by atoms with Crippen LogP contribution in [0.25, 0.3) is 68.8 Å². The summed E-state index contributed by atoms with van der Waals surface area (Å²) < 4.78 is 184. The number of aliphatic carboxylic acids is 1. The minimum Gasteiger partial charge on any atom is -0.481 e. The predicted molar refractivity (Wildman–Crippen MR) is 582 cm³/mol. The summed E-state index contributed by atoms with van der Waals surface area (Å²) in [5, 5.41) is 70.4. The standard InChI is InChI=1S/C32H43FN2O6S.C29H39FN2O6S.C25H31FN2O6S.C25H33FN2O4S.ClH/c1-20(2)29-25(16-15-23-18-24(40-32(6,7)39-23)19-27(36)41-31(3,4)5)28(21-11-13-22(33)14-12-21)26-10-9-17-35(30(26)34-29)42(8,37)38;1-18(2)27-23(14-13-21(33)16-22(34)17-25(35)38-29(3,4)5)26(19-9-11-20(30)12-10-19)24-8-7-15-32(28(24)31-27)39(6,36)37;1-15(2)24-20(11-10-18(29)13-19(30)14-22(31)32)23(16-6-8-17(26)9-7-16)21-5-4-12-28(25(21)27-24)35(3,33)34;1-5-19(29)15-20(30)12-13-21-23(17-8-10-18(26)11-9-17)22-7-6-14-28(33(4,31)32)25(22)27-24(21)16(2)3;/h11-16,20,23-24H,9-10,17-19H2,1-8H3;9-14,18,21-22,33-34H,7-8,15-17H2,1-6H3;6-11,15,18-19,29-30H,4-5,12-14H2,1-3H3,(H,31,32);8-13,16,19-20,29-30H,5-7,14-15H2,1-4H3;1H/b16-15+;14-13+;11-10+;13-12+;/t23-,24-;21-,22-;18-,19-;19-,20+;/m1110./s1. The summed E-state index contributed by atoms with van der Waals surface area (Å²) in [5.74, 6) is -3.18. The highest BCUT2D eigenvalue weighted by atomic mass is 35.5. The number of aliphatic hydroxyl groups excluding tert-OH is 6. The number of pyridine rings is 4. The Hall–Kier alpha value is -10.5. The number of nitrogens with zero attached hydrogens (tertiary/aromatic N) is 8. The van der Waals surface area contributed by atoms with E-state index in [0.717, 1.165) is 79.4 Å². The van der Waals surface area contributed by atoms with Crippen molar-refractivity contribution in [2.75, 3.05) is 68.4 Å². The van der Waals surface area contributed by atoms with Gasteiger partial charge in [-0.1, -0.05) is 159 Å². The van der Waals surface area contributed by atoms with Crippen molar-refractivity contribution in [3.63, 3.8) is 0 Å². The average molecular weight is 2190 g/mol. The highest BCUT2D eigenvalue weighted by Gasteiger charge is 2.41. The molecule has 4 aromatic heterocycles. The summed E-state index contributed by atoms with van der Waals surface area (Å²) in [6.07, 6.45) is 16.9. The smallest absolute Gasteiger partial charge is 0.308 e. The van der Waals surface area contributed by atoms with Crippen molar-refractivity contribution >= 4 is 118 Å². The average Bonchev–Trinajstić information content (AvgIpc) is 0.756. The summed E-state index contributed by atoms with van der Waals surface area (Å²) in [5.41, 5.74) is 13.4. The fraction of sp³-hybridized carbons (Fsp3) is 0.505. The fourth-order valence-corrected chi connectivity index (χ4v) is 22.6. The van der Waals surface area contributed by atoms with Crippen molar-refractivity contribution < 1.29 is 120 Å². The van der Waals surface area contributed by atoms with E-state index in [1.165, 1.54) is 90.4 Å². The van der Waals surface area contributed by atoms with Gasteiger partial charge >= 0.3 is 17.9 Å². The molecule has 7 N–H and O–H groups in total. The SMILES string of the molecule is CC(C)c1nc2c(c(-c3ccc(F)cc3)c1/C=C/[C@@H](O)C[C@@H](O)CC(=O)O)CCCN2S(C)(=O)=O.CC(C)c1nc2c(c(-c3ccc(F)cc3)c1/C=C/[C@@H](O)C[C@@H](O)CC(=O)OC(C)(C)C)CCCN2S(C)(=O)=O.CC(C)c1nc2c(c(-c3ccc(F)cc3)c1/C=C/[C@@H]1C[C@H](CC(=O)OC(C)(C)C)OC(C)(C)O1)CCCN2S(C)(=O)=O.CC[C@H](O)C[C@H](O)/C=C/c1c(C(C)C)nc2c(c1-c1ccc(F)cc1)CCCN2S(C)(=O)=O.Cl. The molecule has 0 saturated carbocycles. The Balaban J connectivity index is 0.000000222. The van der Waals surface area contributed by atoms with E-state index in [0.29, 0.717) is 159 Å². The molecule has 1 fully saturated rings. The second-order valence-electron chi connectivity index (χ2n) is 42.2. The maximum atomic E-state index is 14.0. The number of aliphatic hydroxyl groups is 6. The molecule has 5 aliphatic rings. The molecule has 4 aromatic carbocycles. The minimum absolute atomic E-state index is 0. The zero-order chi connectivity index (χ0) is 110. The molecule has 150 heavy (non-hydrogen) atoms. The van der Waals surface area contributed by atoms with Crippen LogP contribution in [0.5, 0.6) is 0 Å². The first-order valence-electron chi connectivity index (χ1n) is 50.4. The molecule has 1 saturated heterocycles. The van der Waals surface area contributed by atoms with Crippen LogP contribution < -0.4 is 17.2 Å². The number of aromatic nitrogens is 4. The number of halogens is 5. The van der Waals surface area contributed by atoms with Gasteiger partial charge < -0.3 is 54.7 Å². The van der Waals surface area contributed by atoms with Crippen LogP contribution in [0.4, 0.5) is 40.8 Å². The van der Waals surface area contributed by atoms with Crippen molar-refractivity contribution in [3.8, 4) is 44.5 Å². The summed E-state index contributed by atoms with van der Waals surface area (Å²) in [6.45, 7) is 33.3. The van der Waals surface area contributed by atoms with Crippen molar-refractivity contribution in [2.45, 2.75) is 310 Å². The summed E-state index contributed by atoms with van der Waals surface area (Å²) in [7, 11) is -14.2. The lowest BCUT2D eigenvalue weighted by molar-refractivity contribution is -0.290. The molecule has 822 valence electrons. The highest BCUT2D eigenvalue weighted by molar-refractivity contribution is 7.93. The lowest BCUT2D eigenvalue weighted by Gasteiger charge is -2.40. The van der Waals surface area contributed by atoms with E-state index in [9.17, 15) is 96.3 Å². The van der Waals surface area contributed by atoms with Gasteiger partial charge in [0.15, 0.2) is 5.79 Å². The number of benzene rings is 4. The molecule has 9 heterocycles. The van der Waals surface area contributed by atoms with E-state index in [-0.39, 0.29) is 91.9 Å². The molecular formula is C111H147ClF4N8O22S4. The zero-order valence-corrected chi connectivity index (χ0v) is 93.4. The lowest BCUT2D eigenvalue weighted by atomic mass is 9.87. The second-order valence-corrected chi connectivity index (χ2v) is 49.8. The van der Waals surface area contributed by atoms with Gasteiger partial charge in [0.25, 0.3) is 0 Å². The number of anilines is 4. The monoisotopic (exact) mass is 2180 g/mol. The first kappa shape index (κ1) is 123. The number of sulfonamides is 4. The van der Waals surface area contributed by atoms with Crippen molar-refractivity contribution in [1.82, 2.24) is 19.9 Å². The molecule has 30 nitrogen and oxygen atoms in total. The van der Waals surface area contributed by atoms with Crippen LogP contribution in [0.3, 0.4) is 0 Å². The number of carbonyl (C=O) groups is 3. The lowest BCUT2D eigenvalue weighted by Crippen LogP contribution is -2.45. The molecule has 0 unspecified atom stereocenters. The number of carboxylic acids is 1. The van der Waals surface area contributed by atoms with Crippen LogP contribution in [0.1, 0.15) is 286 Å². The number of carboxylic acid groups (broad SMARTS) is 1. The van der Waals surface area contributed by atoms with Gasteiger partial charge in [-0.2, -0.15) is 0 Å². The Kier molecular flexibility index (Phi) is 42.6. The normalized spacial score (nSPS) is 17.3. The van der Waals surface area contributed by atoms with E-state index in [1.807, 2.05) is 109 Å². The topological polar surface area (TPSA) is 431 Å². The minimum atomic E-state index is -3.57. The third kappa shape index (κ3) is 33.8. The summed E-state index contributed by atoms with van der Waals surface area (Å²) in [6, 6.07) is 24.3. The summed E-state index contributed by atoms with van der Waals surface area (Å²) >= 11 is 0. The van der Waals surface area contributed by atoms with Gasteiger partial charge in [0.1, 0.15) is 57.7 Å². The number of hydrogen-bond donors (Lipinski definition) is 7. The van der Waals surface area contributed by atoms with Gasteiger partial charge in [-0.05, 0) is 230 Å². The molecule has 0 bridgehead atoms. The Morgan fingerprint density at radius 1 is 0.420 bits per heavy atom. The first-order chi connectivity index (χ1) is 69.4. The van der Waals surface area contributed by atoms with Gasteiger partial charge in [-0.15, -0.1) is 12.4 Å². The molecule has 39 heteroatoms. The largest absolute Gasteiger partial charge is 0.481 e. The van der Waals surface area contributed by atoms with Crippen LogP contribution in [-0.4, -0.2) is 224 Å². The Bertz CT molecular complexity index is 6680. The van der Waals surface area contributed by atoms with Gasteiger partial charge in [0.2, 0.25) is 40.1 Å². The maximum Gasteiger partial charge on any atom is 0.308 e. The van der Waals surface area contributed by atoms with Crippen LogP contribution >= 0.6 is 12.4 Å². The number of fused-ring (bicyclic) bond motifs is 4. The van der Waals surface area contributed by atoms with Crippen LogP contribution in [-0.2, 0) is 99.1 Å². The molecule has 0 amide bonds. The first-order valence-corrected chi connectivity index (χ1v) is 57.8. The quantitative estimate of drug-likeness (QED) is 0.0148. The van der Waals surface area contributed by atoms with Crippen LogP contribution in [0.2, 0.25) is 0 Å². The summed E-state index contributed by atoms with van der Waals surface area (Å²) in [4.78, 5) is 54.7. The number of carbonyl (C=O) groups excluding carboxylic acids is 2. The number of rotatable bonds is 33. The molecule has 0 radical (unpaired) electrons. The molecule has 8 aromatic rings. The third-order valence-electron chi connectivity index (χ3n) is 25.2. The van der Waals surface area contributed by atoms with Crippen LogP contribution in [0.15, 0.2) is 121 Å². The Morgan fingerprint density at radius 2 is 0.680 bits per heavy atom. The Labute approximate surface area is 887 Å². The Morgan fingerprint density at radius 3 is 0.933 bits per heavy atom. The molecule has 0 aliphatic carbocycles. The van der Waals surface area contributed by atoms with Gasteiger partial charge in [-0.25, -0.2) is 71.2 Å². The van der Waals surface area contributed by atoms with E-state index < -0.39 is 130 Å². The molecule has 0 spiro atoms. The zero-order valence-electron chi connectivity index (χ0n) is 89.3. The third-order valence-corrected chi connectivity index (χ3v) is 29.8. The van der Waals surface area contributed by atoms with Gasteiger partial charge in [-0.3, -0.25) is 31.6 Å². The molecule has 13 rings (SSSR count). The fourth-order valence-electron chi connectivity index (χ4n) is 18.9. The van der Waals surface area contributed by atoms with Crippen molar-refractivity contribution in [3.05, 3.63) is 212 Å². The van der Waals surface area contributed by atoms with Gasteiger partial charge in [0, 0.05) is 96.4 Å². The predicted octanol–water partition coefficient (Wildman–Crippen LogP) is 19.0. The van der Waals surface area contributed by atoms with Crippen molar-refractivity contribution in [1.29, 1.82) is 0 Å². The molecule has 8 atom stereocenters. The van der Waals surface area contributed by atoms with E-state index >= 15 is 0 Å². The van der Waals surface area contributed by atoms with Crippen LogP contribution in [0, 0.1) is 23.3 Å². The molecular weight excluding hydrogens is 2040 g/mol. The van der Waals surface area contributed by atoms with E-state index in [4.69, 9.17) is 44.0 Å². The number of esters is 2. The van der Waals surface area contributed by atoms with Crippen molar-refractivity contribution in [2.24, 2.45) is 0 Å². The van der Waals surface area contributed by atoms with E-state index in [2.05, 4.69) is 0 Å². The van der Waals surface area contributed by atoms with Gasteiger partial charge in [0.05, 0.1) is 116 Å². The highest BCUT2D eigenvalue weighted by Crippen LogP contribution is 2.48. The second kappa shape index (κ2) is 52.0. The molecule has 5 aliphatic heterocycles. The number of ether oxygens (including phenoxy) is 4. The van der Waals surface area contributed by atoms with E-state index in [1.54, 1.807) is 93.6 Å². The number of hydrogen-bond acceptors (Lipinski definition) is 25. The maximum absolute atomic E-state index is 14.0.